The molecular weight excluding hydrogens is 314 g/mol. The molecule has 0 unspecified atom stereocenters. The van der Waals surface area contributed by atoms with Crippen LogP contribution in [-0.4, -0.2) is 14.1 Å². The van der Waals surface area contributed by atoms with Crippen molar-refractivity contribution in [3.05, 3.63) is 72.8 Å². The van der Waals surface area contributed by atoms with Gasteiger partial charge in [-0.15, -0.1) is 0 Å². The van der Waals surface area contributed by atoms with Gasteiger partial charge in [0, 0.05) is 36.4 Å². The Bertz CT molecular complexity index is 1010. The zero-order chi connectivity index (χ0) is 17.2. The molecule has 0 fully saturated rings. The zero-order valence-corrected chi connectivity index (χ0v) is 13.9. The van der Waals surface area contributed by atoms with E-state index in [4.69, 9.17) is 15.6 Å². The third-order valence-electron chi connectivity index (χ3n) is 4.15. The van der Waals surface area contributed by atoms with Gasteiger partial charge in [0.1, 0.15) is 6.61 Å². The predicted octanol–water partition coefficient (Wildman–Crippen LogP) is 2.97. The second kappa shape index (κ2) is 6.33. The lowest BCUT2D eigenvalue weighted by Crippen LogP contribution is -2.07. The molecule has 6 heteroatoms. The van der Waals surface area contributed by atoms with E-state index in [2.05, 4.69) is 46.4 Å². The van der Waals surface area contributed by atoms with Gasteiger partial charge in [0.2, 0.25) is 5.95 Å². The number of fused-ring (bicyclic) bond motifs is 3. The van der Waals surface area contributed by atoms with E-state index in [9.17, 15) is 0 Å². The van der Waals surface area contributed by atoms with E-state index in [0.29, 0.717) is 6.61 Å². The minimum atomic E-state index is 0.343. The Kier molecular flexibility index (Phi) is 3.87. The monoisotopic (exact) mass is 333 g/mol. The lowest BCUT2D eigenvalue weighted by Gasteiger charge is -2.06. The van der Waals surface area contributed by atoms with Gasteiger partial charge in [0.05, 0.1) is 16.7 Å². The quantitative estimate of drug-likeness (QED) is 0.435. The first-order chi connectivity index (χ1) is 12.3. The molecule has 0 saturated heterocycles. The van der Waals surface area contributed by atoms with Crippen LogP contribution in [0.4, 0.5) is 0 Å². The number of imidazole rings is 1. The van der Waals surface area contributed by atoms with E-state index in [1.807, 2.05) is 29.9 Å². The van der Waals surface area contributed by atoms with Gasteiger partial charge < -0.3 is 10.3 Å². The Balaban J connectivity index is 1.82. The molecule has 25 heavy (non-hydrogen) atoms. The summed E-state index contributed by atoms with van der Waals surface area (Å²) >= 11 is 0. The summed E-state index contributed by atoms with van der Waals surface area (Å²) in [6, 6.07) is 16.7. The number of nitrogens with zero attached hydrogens (tertiary/aromatic N) is 3. The third-order valence-corrected chi connectivity index (χ3v) is 4.15. The number of para-hydroxylation sites is 2. The second-order valence-corrected chi connectivity index (χ2v) is 5.78. The zero-order valence-electron chi connectivity index (χ0n) is 13.9. The van der Waals surface area contributed by atoms with Crippen LogP contribution in [0.25, 0.3) is 27.8 Å². The molecule has 0 aliphatic heterocycles. The molecule has 0 aliphatic carbocycles. The molecule has 3 N–H and O–H groups in total. The highest BCUT2D eigenvalue weighted by molar-refractivity contribution is 6.08. The molecule has 0 aliphatic rings. The molecule has 0 bridgehead atoms. The molecule has 0 spiro atoms. The molecule has 2 aromatic heterocycles. The van der Waals surface area contributed by atoms with Crippen molar-refractivity contribution in [1.29, 1.82) is 0 Å². The number of aromatic nitrogens is 3. The van der Waals surface area contributed by atoms with E-state index in [1.165, 1.54) is 23.2 Å². The maximum atomic E-state index is 5.32. The van der Waals surface area contributed by atoms with Crippen molar-refractivity contribution in [3.8, 4) is 5.95 Å². The van der Waals surface area contributed by atoms with Crippen LogP contribution in [0, 0.1) is 0 Å². The average Bonchev–Trinajstić information content (AvgIpc) is 3.16. The lowest BCUT2D eigenvalue weighted by atomic mass is 10.2. The van der Waals surface area contributed by atoms with Crippen molar-refractivity contribution in [3.63, 3.8) is 0 Å². The fourth-order valence-electron chi connectivity index (χ4n) is 3.14. The van der Waals surface area contributed by atoms with Gasteiger partial charge in [-0.25, -0.2) is 4.98 Å². The largest absolute Gasteiger partial charge is 0.403 e. The van der Waals surface area contributed by atoms with E-state index in [0.717, 1.165) is 22.7 Å². The fraction of sp³-hybridized carbons (Fsp3) is 0.105. The highest BCUT2D eigenvalue weighted by atomic mass is 16.6. The van der Waals surface area contributed by atoms with E-state index < -0.39 is 0 Å². The summed E-state index contributed by atoms with van der Waals surface area (Å²) < 4.78 is 4.19. The van der Waals surface area contributed by atoms with Crippen LogP contribution in [0.5, 0.6) is 0 Å². The van der Waals surface area contributed by atoms with Gasteiger partial charge in [0.15, 0.2) is 0 Å². The van der Waals surface area contributed by atoms with E-state index >= 15 is 0 Å². The first-order valence-corrected chi connectivity index (χ1v) is 8.04. The molecule has 2 aromatic carbocycles. The Morgan fingerprint density at radius 1 is 1.08 bits per heavy atom. The number of aryl methyl sites for hydroxylation is 1. The number of hydrogen-bond acceptors (Lipinski definition) is 4. The molecule has 0 radical (unpaired) electrons. The van der Waals surface area contributed by atoms with Crippen molar-refractivity contribution >= 4 is 21.8 Å². The molecule has 0 saturated carbocycles. The van der Waals surface area contributed by atoms with Crippen LogP contribution < -0.4 is 11.2 Å². The first kappa shape index (κ1) is 15.3. The van der Waals surface area contributed by atoms with E-state index in [1.54, 1.807) is 0 Å². The van der Waals surface area contributed by atoms with Gasteiger partial charge in [-0.1, -0.05) is 36.4 Å². The van der Waals surface area contributed by atoms with Crippen LogP contribution in [-0.2, 0) is 18.5 Å². The van der Waals surface area contributed by atoms with Crippen molar-refractivity contribution < 1.29 is 4.84 Å². The molecule has 2 heterocycles. The number of nitrogens with one attached hydrogen (secondary N) is 1. The third kappa shape index (κ3) is 2.62. The maximum absolute atomic E-state index is 5.32. The summed E-state index contributed by atoms with van der Waals surface area (Å²) in [5, 5.41) is 2.43. The standard InChI is InChI=1S/C19H19N5O/c1-23-12-14(13-25-21-11-10-20)22-19(23)24-17-8-4-2-6-15(17)16-7-3-5-9-18(16)24/h2-12,21H,13,20H2,1H3/b11-10-. The second-order valence-electron chi connectivity index (χ2n) is 5.78. The van der Waals surface area contributed by atoms with Gasteiger partial charge in [-0.3, -0.25) is 14.9 Å². The molecule has 6 nitrogen and oxygen atoms in total. The molecular formula is C19H19N5O. The topological polar surface area (TPSA) is 70.0 Å². The normalized spacial score (nSPS) is 11.7. The van der Waals surface area contributed by atoms with Crippen LogP contribution >= 0.6 is 0 Å². The highest BCUT2D eigenvalue weighted by Crippen LogP contribution is 2.31. The Hall–Kier alpha value is -3.25. The molecule has 0 atom stereocenters. The smallest absolute Gasteiger partial charge is 0.214 e. The molecule has 4 rings (SSSR count). The number of nitrogens with two attached hydrogens (primary N) is 1. The van der Waals surface area contributed by atoms with Crippen molar-refractivity contribution in [2.45, 2.75) is 6.61 Å². The SMILES string of the molecule is Cn1cc(CON/C=C\N)nc1-n1c2ccccc2c2ccccc21. The van der Waals surface area contributed by atoms with Crippen molar-refractivity contribution in [2.24, 2.45) is 12.8 Å². The number of rotatable bonds is 5. The summed E-state index contributed by atoms with van der Waals surface area (Å²) in [5.41, 5.74) is 11.0. The summed E-state index contributed by atoms with van der Waals surface area (Å²) in [6.45, 7) is 0.343. The minimum Gasteiger partial charge on any atom is -0.403 e. The van der Waals surface area contributed by atoms with Gasteiger partial charge in [0.25, 0.3) is 0 Å². The number of benzene rings is 2. The Morgan fingerprint density at radius 3 is 2.36 bits per heavy atom. The van der Waals surface area contributed by atoms with Crippen LogP contribution in [0.15, 0.2) is 67.1 Å². The summed E-state index contributed by atoms with van der Waals surface area (Å²) in [5.74, 6) is 0.852. The highest BCUT2D eigenvalue weighted by Gasteiger charge is 2.15. The fourth-order valence-corrected chi connectivity index (χ4v) is 3.14. The Labute approximate surface area is 145 Å². The van der Waals surface area contributed by atoms with Gasteiger partial charge in [-0.2, -0.15) is 0 Å². The van der Waals surface area contributed by atoms with Crippen LogP contribution in [0.2, 0.25) is 0 Å². The molecule has 126 valence electrons. The predicted molar refractivity (Wildman–Crippen MR) is 98.8 cm³/mol. The van der Waals surface area contributed by atoms with E-state index in [-0.39, 0.29) is 0 Å². The summed E-state index contributed by atoms with van der Waals surface area (Å²) in [7, 11) is 1.99. The van der Waals surface area contributed by atoms with Gasteiger partial charge >= 0.3 is 0 Å². The lowest BCUT2D eigenvalue weighted by molar-refractivity contribution is 0.0555. The van der Waals surface area contributed by atoms with Crippen LogP contribution in [0.3, 0.4) is 0 Å². The number of hydroxylamine groups is 1. The number of hydrogen-bond donors (Lipinski definition) is 2. The van der Waals surface area contributed by atoms with Crippen molar-refractivity contribution in [1.82, 2.24) is 19.6 Å². The maximum Gasteiger partial charge on any atom is 0.214 e. The molecule has 4 aromatic rings. The summed E-state index contributed by atoms with van der Waals surface area (Å²) in [4.78, 5) is 10.1. The van der Waals surface area contributed by atoms with Gasteiger partial charge in [-0.05, 0) is 12.1 Å². The average molecular weight is 333 g/mol. The van der Waals surface area contributed by atoms with Crippen LogP contribution in [0.1, 0.15) is 5.69 Å². The summed E-state index contributed by atoms with van der Waals surface area (Å²) in [6.07, 6.45) is 4.87. The molecule has 0 amide bonds. The minimum absolute atomic E-state index is 0.343. The first-order valence-electron chi connectivity index (χ1n) is 8.04. The van der Waals surface area contributed by atoms with Crippen molar-refractivity contribution in [2.75, 3.05) is 0 Å². The Morgan fingerprint density at radius 2 is 1.72 bits per heavy atom.